The van der Waals surface area contributed by atoms with Gasteiger partial charge in [0.05, 0.1) is 5.69 Å². The van der Waals surface area contributed by atoms with Crippen LogP contribution in [0.3, 0.4) is 0 Å². The highest BCUT2D eigenvalue weighted by Crippen LogP contribution is 2.26. The zero-order valence-electron chi connectivity index (χ0n) is 10.1. The fourth-order valence-corrected chi connectivity index (χ4v) is 1.44. The maximum Gasteiger partial charge on any atom is 0.354 e. The average molecular weight is 262 g/mol. The van der Waals surface area contributed by atoms with Crippen LogP contribution in [-0.4, -0.2) is 16.1 Å². The molecule has 0 saturated carbocycles. The van der Waals surface area contributed by atoms with E-state index in [0.29, 0.717) is 11.3 Å². The molecule has 2 rings (SSSR count). The number of hydrogen-bond acceptors (Lipinski definition) is 4. The third-order valence-corrected chi connectivity index (χ3v) is 2.45. The zero-order valence-corrected chi connectivity index (χ0v) is 10.1. The fraction of sp³-hybridized carbons (Fsp3) is 0.0769. The standard InChI is InChI=1S/C13H11FN2O3/c1-7-6-8(2-3-9(7)14)19-12-10(15)4-5-11(16-12)13(17)18/h2-6H,15H2,1H3,(H,17,18). The first-order valence-electron chi connectivity index (χ1n) is 5.41. The Kier molecular flexibility index (Phi) is 3.33. The summed E-state index contributed by atoms with van der Waals surface area (Å²) in [6, 6.07) is 6.81. The van der Waals surface area contributed by atoms with Crippen molar-refractivity contribution in [1.29, 1.82) is 0 Å². The molecule has 98 valence electrons. The lowest BCUT2D eigenvalue weighted by Crippen LogP contribution is -2.03. The quantitative estimate of drug-likeness (QED) is 0.888. The maximum absolute atomic E-state index is 13.1. The smallest absolute Gasteiger partial charge is 0.354 e. The molecule has 6 heteroatoms. The van der Waals surface area contributed by atoms with Gasteiger partial charge in [-0.2, -0.15) is 0 Å². The number of anilines is 1. The monoisotopic (exact) mass is 262 g/mol. The minimum absolute atomic E-state index is 0.0223. The van der Waals surface area contributed by atoms with E-state index < -0.39 is 5.97 Å². The van der Waals surface area contributed by atoms with Crippen LogP contribution in [-0.2, 0) is 0 Å². The van der Waals surface area contributed by atoms with Crippen molar-refractivity contribution in [3.8, 4) is 11.6 Å². The minimum Gasteiger partial charge on any atom is -0.477 e. The average Bonchev–Trinajstić information content (AvgIpc) is 2.36. The van der Waals surface area contributed by atoms with Crippen molar-refractivity contribution in [2.75, 3.05) is 5.73 Å². The molecule has 1 aromatic carbocycles. The number of hydrogen-bond donors (Lipinski definition) is 2. The highest BCUT2D eigenvalue weighted by atomic mass is 19.1. The van der Waals surface area contributed by atoms with Crippen LogP contribution in [0.1, 0.15) is 16.1 Å². The maximum atomic E-state index is 13.1. The van der Waals surface area contributed by atoms with E-state index >= 15 is 0 Å². The van der Waals surface area contributed by atoms with Crippen LogP contribution < -0.4 is 10.5 Å². The minimum atomic E-state index is -1.18. The first-order valence-corrected chi connectivity index (χ1v) is 5.41. The molecule has 0 spiro atoms. The van der Waals surface area contributed by atoms with E-state index in [1.54, 1.807) is 6.92 Å². The highest BCUT2D eigenvalue weighted by molar-refractivity contribution is 5.86. The number of aryl methyl sites for hydroxylation is 1. The molecule has 0 aliphatic heterocycles. The molecular weight excluding hydrogens is 251 g/mol. The lowest BCUT2D eigenvalue weighted by atomic mass is 10.2. The van der Waals surface area contributed by atoms with Gasteiger partial charge >= 0.3 is 5.97 Å². The summed E-state index contributed by atoms with van der Waals surface area (Å²) in [5.41, 5.74) is 6.08. The van der Waals surface area contributed by atoms with Crippen LogP contribution >= 0.6 is 0 Å². The highest BCUT2D eigenvalue weighted by Gasteiger charge is 2.11. The molecule has 0 amide bonds. The summed E-state index contributed by atoms with van der Waals surface area (Å²) in [5, 5.41) is 8.84. The summed E-state index contributed by atoms with van der Waals surface area (Å²) in [6.07, 6.45) is 0. The molecule has 19 heavy (non-hydrogen) atoms. The van der Waals surface area contributed by atoms with Crippen LogP contribution in [0.15, 0.2) is 30.3 Å². The van der Waals surface area contributed by atoms with Gasteiger partial charge in [0, 0.05) is 0 Å². The second-order valence-electron chi connectivity index (χ2n) is 3.91. The second-order valence-corrected chi connectivity index (χ2v) is 3.91. The van der Waals surface area contributed by atoms with E-state index in [-0.39, 0.29) is 23.1 Å². The van der Waals surface area contributed by atoms with Gasteiger partial charge in [-0.1, -0.05) is 0 Å². The predicted octanol–water partition coefficient (Wildman–Crippen LogP) is 2.60. The summed E-state index contributed by atoms with van der Waals surface area (Å²) in [5.74, 6) is -1.22. The molecule has 0 saturated heterocycles. The number of nitrogens with two attached hydrogens (primary N) is 1. The Bertz CT molecular complexity index is 644. The van der Waals surface area contributed by atoms with Crippen molar-refractivity contribution in [2.45, 2.75) is 6.92 Å². The Balaban J connectivity index is 2.34. The zero-order chi connectivity index (χ0) is 14.0. The van der Waals surface area contributed by atoms with Gasteiger partial charge in [0.25, 0.3) is 0 Å². The first-order chi connectivity index (χ1) is 8.97. The number of benzene rings is 1. The summed E-state index contributed by atoms with van der Waals surface area (Å²) in [7, 11) is 0. The third kappa shape index (κ3) is 2.79. The molecular formula is C13H11FN2O3. The van der Waals surface area contributed by atoms with Crippen LogP contribution in [0.5, 0.6) is 11.6 Å². The molecule has 0 fully saturated rings. The van der Waals surface area contributed by atoms with Gasteiger partial charge in [-0.15, -0.1) is 0 Å². The molecule has 0 aliphatic rings. The first kappa shape index (κ1) is 12.8. The van der Waals surface area contributed by atoms with E-state index in [2.05, 4.69) is 4.98 Å². The van der Waals surface area contributed by atoms with Crippen molar-refractivity contribution in [3.63, 3.8) is 0 Å². The summed E-state index contributed by atoms with van der Waals surface area (Å²) >= 11 is 0. The molecule has 0 atom stereocenters. The summed E-state index contributed by atoms with van der Waals surface area (Å²) in [6.45, 7) is 1.59. The van der Waals surface area contributed by atoms with Gasteiger partial charge in [-0.3, -0.25) is 0 Å². The van der Waals surface area contributed by atoms with Gasteiger partial charge in [0.2, 0.25) is 5.88 Å². The Morgan fingerprint density at radius 2 is 2.11 bits per heavy atom. The van der Waals surface area contributed by atoms with Crippen LogP contribution in [0.25, 0.3) is 0 Å². The number of halogens is 1. The number of nitrogens with zero attached hydrogens (tertiary/aromatic N) is 1. The van der Waals surface area contributed by atoms with Crippen LogP contribution in [0.2, 0.25) is 0 Å². The fourth-order valence-electron chi connectivity index (χ4n) is 1.44. The third-order valence-electron chi connectivity index (χ3n) is 2.45. The van der Waals surface area contributed by atoms with Crippen molar-refractivity contribution < 1.29 is 19.0 Å². The molecule has 0 unspecified atom stereocenters. The lowest BCUT2D eigenvalue weighted by Gasteiger charge is -2.08. The van der Waals surface area contributed by atoms with Crippen LogP contribution in [0.4, 0.5) is 10.1 Å². The second kappa shape index (κ2) is 4.93. The Morgan fingerprint density at radius 3 is 2.74 bits per heavy atom. The Hall–Kier alpha value is -2.63. The van der Waals surface area contributed by atoms with Gasteiger partial charge in [-0.25, -0.2) is 14.2 Å². The van der Waals surface area contributed by atoms with Gasteiger partial charge < -0.3 is 15.6 Å². The summed E-state index contributed by atoms with van der Waals surface area (Å²) < 4.78 is 18.5. The molecule has 2 aromatic rings. The van der Waals surface area contributed by atoms with Crippen molar-refractivity contribution in [1.82, 2.24) is 4.98 Å². The normalized spacial score (nSPS) is 10.2. The molecule has 0 bridgehead atoms. The summed E-state index contributed by atoms with van der Waals surface area (Å²) in [4.78, 5) is 14.6. The van der Waals surface area contributed by atoms with Crippen LogP contribution in [0, 0.1) is 12.7 Å². The number of aromatic carboxylic acids is 1. The van der Waals surface area contributed by atoms with Crippen molar-refractivity contribution >= 4 is 11.7 Å². The van der Waals surface area contributed by atoms with Gasteiger partial charge in [0.15, 0.2) is 5.69 Å². The number of carboxylic acid groups (broad SMARTS) is 1. The SMILES string of the molecule is Cc1cc(Oc2nc(C(=O)O)ccc2N)ccc1F. The molecule has 1 heterocycles. The Morgan fingerprint density at radius 1 is 1.37 bits per heavy atom. The number of carboxylic acids is 1. The molecule has 3 N–H and O–H groups in total. The molecule has 5 nitrogen and oxygen atoms in total. The largest absolute Gasteiger partial charge is 0.477 e. The topological polar surface area (TPSA) is 85.4 Å². The number of rotatable bonds is 3. The van der Waals surface area contributed by atoms with Crippen molar-refractivity contribution in [3.05, 3.63) is 47.4 Å². The number of nitrogen functional groups attached to an aromatic ring is 1. The lowest BCUT2D eigenvalue weighted by molar-refractivity contribution is 0.0689. The molecule has 1 aromatic heterocycles. The van der Waals surface area contributed by atoms with Crippen molar-refractivity contribution in [2.24, 2.45) is 0 Å². The number of carbonyl (C=O) groups is 1. The van der Waals surface area contributed by atoms with E-state index in [9.17, 15) is 9.18 Å². The van der Waals surface area contributed by atoms with E-state index in [1.807, 2.05) is 0 Å². The number of aromatic nitrogens is 1. The molecule has 0 aliphatic carbocycles. The van der Waals surface area contributed by atoms with Gasteiger partial charge in [-0.05, 0) is 42.8 Å². The number of ether oxygens (including phenoxy) is 1. The molecule has 0 radical (unpaired) electrons. The number of pyridine rings is 1. The Labute approximate surface area is 108 Å². The van der Waals surface area contributed by atoms with E-state index in [1.165, 1.54) is 30.3 Å². The predicted molar refractivity (Wildman–Crippen MR) is 66.8 cm³/mol. The van der Waals surface area contributed by atoms with Gasteiger partial charge in [0.1, 0.15) is 11.6 Å². The van der Waals surface area contributed by atoms with E-state index in [0.717, 1.165) is 0 Å². The van der Waals surface area contributed by atoms with E-state index in [4.69, 9.17) is 15.6 Å².